The molecule has 5 heteroatoms. The molecule has 0 aliphatic heterocycles. The van der Waals surface area contributed by atoms with Gasteiger partial charge in [-0.2, -0.15) is 0 Å². The number of anilines is 1. The van der Waals surface area contributed by atoms with Crippen LogP contribution in [-0.4, -0.2) is 16.9 Å². The van der Waals surface area contributed by atoms with Crippen molar-refractivity contribution in [3.63, 3.8) is 0 Å². The van der Waals surface area contributed by atoms with Crippen LogP contribution in [0.5, 0.6) is 0 Å². The number of pyridine rings is 1. The van der Waals surface area contributed by atoms with Gasteiger partial charge in [0.15, 0.2) is 11.6 Å². The number of aromatic nitrogens is 1. The minimum Gasteiger partial charge on any atom is -0.381 e. The highest BCUT2D eigenvalue weighted by molar-refractivity contribution is 5.95. The molecule has 1 aromatic heterocycles. The maximum absolute atomic E-state index is 13.8. The van der Waals surface area contributed by atoms with Gasteiger partial charge in [0.05, 0.1) is 5.56 Å². The summed E-state index contributed by atoms with van der Waals surface area (Å²) in [6.45, 7) is 2.02. The minimum absolute atomic E-state index is 0.0208. The maximum atomic E-state index is 13.8. The van der Waals surface area contributed by atoms with E-state index in [1.54, 1.807) is 0 Å². The van der Waals surface area contributed by atoms with Crippen molar-refractivity contribution < 1.29 is 9.18 Å². The minimum atomic E-state index is -0.731. The second-order valence-corrected chi connectivity index (χ2v) is 6.16. The van der Waals surface area contributed by atoms with Crippen molar-refractivity contribution in [3.05, 3.63) is 23.6 Å². The highest BCUT2D eigenvalue weighted by Gasteiger charge is 2.42. The summed E-state index contributed by atoms with van der Waals surface area (Å²) in [5.41, 5.74) is 5.37. The fourth-order valence-corrected chi connectivity index (χ4v) is 3.93. The topological polar surface area (TPSA) is 68.0 Å². The van der Waals surface area contributed by atoms with Gasteiger partial charge in [-0.05, 0) is 50.0 Å². The third-order valence-electron chi connectivity index (χ3n) is 4.95. The molecule has 1 heterocycles. The Bertz CT molecular complexity index is 534. The van der Waals surface area contributed by atoms with Crippen LogP contribution < -0.4 is 11.1 Å². The molecule has 4 unspecified atom stereocenters. The van der Waals surface area contributed by atoms with Crippen LogP contribution in [-0.2, 0) is 0 Å². The van der Waals surface area contributed by atoms with Crippen molar-refractivity contribution >= 4 is 11.7 Å². The van der Waals surface area contributed by atoms with Crippen molar-refractivity contribution in [2.45, 2.75) is 38.6 Å². The number of nitrogen functional groups attached to an aromatic ring is 1. The second kappa shape index (κ2) is 5.04. The van der Waals surface area contributed by atoms with Gasteiger partial charge in [0.1, 0.15) is 0 Å². The summed E-state index contributed by atoms with van der Waals surface area (Å²) < 4.78 is 13.8. The van der Waals surface area contributed by atoms with Crippen LogP contribution in [0.15, 0.2) is 12.3 Å². The van der Waals surface area contributed by atoms with E-state index in [2.05, 4.69) is 10.3 Å². The number of nitrogens with two attached hydrogens (primary N) is 1. The van der Waals surface area contributed by atoms with Gasteiger partial charge in [-0.1, -0.05) is 6.42 Å². The van der Waals surface area contributed by atoms with E-state index in [1.807, 2.05) is 6.92 Å². The third kappa shape index (κ3) is 2.25. The first-order valence-corrected chi connectivity index (χ1v) is 7.27. The molecule has 0 spiro atoms. The van der Waals surface area contributed by atoms with Crippen LogP contribution in [0.4, 0.5) is 10.2 Å². The quantitative estimate of drug-likeness (QED) is 0.891. The average molecular weight is 277 g/mol. The fourth-order valence-electron chi connectivity index (χ4n) is 3.93. The molecular formula is C15H20FN3O. The van der Waals surface area contributed by atoms with Crippen molar-refractivity contribution in [2.75, 3.05) is 5.73 Å². The zero-order valence-corrected chi connectivity index (χ0v) is 11.6. The Morgan fingerprint density at radius 3 is 2.95 bits per heavy atom. The maximum Gasteiger partial charge on any atom is 0.254 e. The molecule has 3 rings (SSSR count). The average Bonchev–Trinajstić information content (AvgIpc) is 3.04. The smallest absolute Gasteiger partial charge is 0.254 e. The molecule has 2 aliphatic rings. The molecule has 1 aromatic rings. The number of rotatable bonds is 3. The van der Waals surface area contributed by atoms with Crippen LogP contribution in [0.2, 0.25) is 0 Å². The molecule has 4 nitrogen and oxygen atoms in total. The molecule has 2 bridgehead atoms. The molecule has 20 heavy (non-hydrogen) atoms. The fraction of sp³-hybridized carbons (Fsp3) is 0.600. The van der Waals surface area contributed by atoms with E-state index in [4.69, 9.17) is 5.73 Å². The SMILES string of the molecule is CC(NC(=O)c1ccnc(N)c1F)C1CC2CCC1C2. The lowest BCUT2D eigenvalue weighted by molar-refractivity contribution is 0.0911. The summed E-state index contributed by atoms with van der Waals surface area (Å²) in [5.74, 6) is 0.725. The largest absolute Gasteiger partial charge is 0.381 e. The first kappa shape index (κ1) is 13.3. The lowest BCUT2D eigenvalue weighted by Crippen LogP contribution is -2.40. The molecule has 3 N–H and O–H groups in total. The number of halogens is 1. The first-order valence-electron chi connectivity index (χ1n) is 7.27. The van der Waals surface area contributed by atoms with Crippen molar-refractivity contribution in [1.29, 1.82) is 0 Å². The Morgan fingerprint density at radius 2 is 2.30 bits per heavy atom. The zero-order chi connectivity index (χ0) is 14.3. The number of carbonyl (C=O) groups excluding carboxylic acids is 1. The van der Waals surface area contributed by atoms with E-state index >= 15 is 0 Å². The number of fused-ring (bicyclic) bond motifs is 2. The Hall–Kier alpha value is -1.65. The van der Waals surface area contributed by atoms with Crippen LogP contribution in [0.25, 0.3) is 0 Å². The standard InChI is InChI=1S/C15H20FN3O/c1-8(12-7-9-2-3-10(12)6-9)19-15(20)11-4-5-18-14(17)13(11)16/h4-5,8-10,12H,2-3,6-7H2,1H3,(H2,17,18)(H,19,20). The summed E-state index contributed by atoms with van der Waals surface area (Å²) in [4.78, 5) is 15.8. The Balaban J connectivity index is 1.68. The molecule has 108 valence electrons. The number of nitrogens with one attached hydrogen (secondary N) is 1. The number of hydrogen-bond acceptors (Lipinski definition) is 3. The van der Waals surface area contributed by atoms with Crippen LogP contribution in [0, 0.1) is 23.6 Å². The van der Waals surface area contributed by atoms with Gasteiger partial charge in [-0.15, -0.1) is 0 Å². The summed E-state index contributed by atoms with van der Waals surface area (Å²) in [6.07, 6.45) is 6.44. The summed E-state index contributed by atoms with van der Waals surface area (Å²) in [5, 5.41) is 2.93. The van der Waals surface area contributed by atoms with E-state index in [-0.39, 0.29) is 17.4 Å². The molecular weight excluding hydrogens is 257 g/mol. The number of hydrogen-bond donors (Lipinski definition) is 2. The van der Waals surface area contributed by atoms with E-state index < -0.39 is 11.7 Å². The van der Waals surface area contributed by atoms with Gasteiger partial charge in [0, 0.05) is 12.2 Å². The van der Waals surface area contributed by atoms with Gasteiger partial charge >= 0.3 is 0 Å². The molecule has 0 aromatic carbocycles. The first-order chi connectivity index (χ1) is 9.56. The van der Waals surface area contributed by atoms with Crippen molar-refractivity contribution in [2.24, 2.45) is 17.8 Å². The second-order valence-electron chi connectivity index (χ2n) is 6.16. The van der Waals surface area contributed by atoms with E-state index in [0.717, 1.165) is 11.8 Å². The molecule has 2 saturated carbocycles. The summed E-state index contributed by atoms with van der Waals surface area (Å²) in [6, 6.07) is 1.45. The van der Waals surface area contributed by atoms with E-state index in [9.17, 15) is 9.18 Å². The molecule has 2 fully saturated rings. The van der Waals surface area contributed by atoms with Crippen LogP contribution >= 0.6 is 0 Å². The van der Waals surface area contributed by atoms with Crippen molar-refractivity contribution in [3.8, 4) is 0 Å². The number of nitrogens with zero attached hydrogens (tertiary/aromatic N) is 1. The Kier molecular flexibility index (Phi) is 3.36. The Morgan fingerprint density at radius 1 is 1.50 bits per heavy atom. The molecule has 1 amide bonds. The van der Waals surface area contributed by atoms with Gasteiger partial charge in [0.25, 0.3) is 5.91 Å². The molecule has 4 atom stereocenters. The number of carbonyl (C=O) groups is 1. The summed E-state index contributed by atoms with van der Waals surface area (Å²) in [7, 11) is 0. The van der Waals surface area contributed by atoms with Gasteiger partial charge in [0.2, 0.25) is 0 Å². The predicted octanol–water partition coefficient (Wildman–Crippen LogP) is 2.36. The molecule has 2 aliphatic carbocycles. The predicted molar refractivity (Wildman–Crippen MR) is 74.5 cm³/mol. The lowest BCUT2D eigenvalue weighted by Gasteiger charge is -2.28. The van der Waals surface area contributed by atoms with E-state index in [1.165, 1.54) is 37.9 Å². The third-order valence-corrected chi connectivity index (χ3v) is 4.95. The van der Waals surface area contributed by atoms with Crippen LogP contribution in [0.3, 0.4) is 0 Å². The van der Waals surface area contributed by atoms with E-state index in [0.29, 0.717) is 5.92 Å². The zero-order valence-electron chi connectivity index (χ0n) is 11.6. The number of amides is 1. The normalized spacial score (nSPS) is 29.4. The highest BCUT2D eigenvalue weighted by Crippen LogP contribution is 2.49. The lowest BCUT2D eigenvalue weighted by atomic mass is 9.84. The van der Waals surface area contributed by atoms with Gasteiger partial charge in [-0.25, -0.2) is 9.37 Å². The Labute approximate surface area is 118 Å². The van der Waals surface area contributed by atoms with Crippen LogP contribution in [0.1, 0.15) is 43.0 Å². The van der Waals surface area contributed by atoms with Crippen molar-refractivity contribution in [1.82, 2.24) is 10.3 Å². The van der Waals surface area contributed by atoms with Gasteiger partial charge < -0.3 is 11.1 Å². The van der Waals surface area contributed by atoms with Gasteiger partial charge in [-0.3, -0.25) is 4.79 Å². The monoisotopic (exact) mass is 277 g/mol. The molecule has 0 radical (unpaired) electrons. The highest BCUT2D eigenvalue weighted by atomic mass is 19.1. The summed E-state index contributed by atoms with van der Waals surface area (Å²) >= 11 is 0. The molecule has 0 saturated heterocycles.